The summed E-state index contributed by atoms with van der Waals surface area (Å²) in [4.78, 5) is 4.35. The van der Waals surface area contributed by atoms with Gasteiger partial charge in [-0.05, 0) is 30.3 Å². The minimum atomic E-state index is -0.568. The lowest BCUT2D eigenvalue weighted by atomic mass is 9.87. The Morgan fingerprint density at radius 2 is 1.88 bits per heavy atom. The van der Waals surface area contributed by atoms with Crippen LogP contribution < -0.4 is 16.1 Å². The predicted molar refractivity (Wildman–Crippen MR) is 138 cm³/mol. The predicted octanol–water partition coefficient (Wildman–Crippen LogP) is 4.27. The van der Waals surface area contributed by atoms with Crippen molar-refractivity contribution in [2.75, 3.05) is 24.5 Å². The minimum absolute atomic E-state index is 0.0151. The molecule has 3 N–H and O–H groups in total. The molecular formula is C26H27F2N5S. The maximum atomic E-state index is 15.1. The van der Waals surface area contributed by atoms with Gasteiger partial charge in [0.25, 0.3) is 0 Å². The average Bonchev–Trinajstić information content (AvgIpc) is 2.80. The highest BCUT2D eigenvalue weighted by molar-refractivity contribution is 7.80. The summed E-state index contributed by atoms with van der Waals surface area (Å²) in [5, 5.41) is 3.68. The van der Waals surface area contributed by atoms with Gasteiger partial charge in [-0.25, -0.2) is 8.78 Å². The molecule has 0 aromatic heterocycles. The number of piperazine rings is 1. The van der Waals surface area contributed by atoms with Crippen LogP contribution >= 0.6 is 12.2 Å². The van der Waals surface area contributed by atoms with Gasteiger partial charge in [-0.3, -0.25) is 10.3 Å². The lowest BCUT2D eigenvalue weighted by Gasteiger charge is -2.50. The molecule has 5 nitrogen and oxygen atoms in total. The highest BCUT2D eigenvalue weighted by atomic mass is 32.1. The molecule has 2 aliphatic rings. The molecule has 34 heavy (non-hydrogen) atoms. The van der Waals surface area contributed by atoms with Crippen LogP contribution in [-0.4, -0.2) is 41.4 Å². The molecule has 1 fully saturated rings. The van der Waals surface area contributed by atoms with Gasteiger partial charge in [-0.1, -0.05) is 66.8 Å². The second-order valence-corrected chi connectivity index (χ2v) is 8.81. The van der Waals surface area contributed by atoms with E-state index in [1.54, 1.807) is 0 Å². The molecule has 2 aromatic carbocycles. The van der Waals surface area contributed by atoms with Gasteiger partial charge in [0.1, 0.15) is 11.6 Å². The number of hydrazone groups is 1. The van der Waals surface area contributed by atoms with Crippen molar-refractivity contribution in [3.05, 3.63) is 102 Å². The minimum Gasteiger partial charge on any atom is -0.375 e. The molecule has 1 aliphatic heterocycles. The zero-order chi connectivity index (χ0) is 24.0. The molecule has 1 heterocycles. The summed E-state index contributed by atoms with van der Waals surface area (Å²) >= 11 is 4.66. The molecule has 1 atom stereocenters. The zero-order valence-electron chi connectivity index (χ0n) is 18.7. The maximum Gasteiger partial charge on any atom is 0.184 e. The Morgan fingerprint density at radius 3 is 2.68 bits per heavy atom. The summed E-state index contributed by atoms with van der Waals surface area (Å²) in [5.74, 6) is -1.07. The smallest absolute Gasteiger partial charge is 0.184 e. The number of halogens is 2. The number of benzene rings is 2. The van der Waals surface area contributed by atoms with Crippen molar-refractivity contribution < 1.29 is 8.78 Å². The topological polar surface area (TPSA) is 56.9 Å². The van der Waals surface area contributed by atoms with Crippen LogP contribution in [0, 0.1) is 11.6 Å². The number of allylic oxidation sites excluding steroid dienone is 4. The molecule has 8 heteroatoms. The normalized spacial score (nSPS) is 23.4. The van der Waals surface area contributed by atoms with Crippen LogP contribution in [0.15, 0.2) is 84.0 Å². The first kappa shape index (κ1) is 23.8. The molecule has 176 valence electrons. The largest absolute Gasteiger partial charge is 0.375 e. The summed E-state index contributed by atoms with van der Waals surface area (Å²) < 4.78 is 30.0. The number of hydrogen-bond donors (Lipinski definition) is 2. The van der Waals surface area contributed by atoms with Gasteiger partial charge >= 0.3 is 0 Å². The number of nitrogens with zero attached hydrogens (tertiary/aromatic N) is 3. The molecular weight excluding hydrogens is 452 g/mol. The van der Waals surface area contributed by atoms with Crippen molar-refractivity contribution in [2.24, 2.45) is 10.8 Å². The number of hydrogen-bond acceptors (Lipinski definition) is 4. The van der Waals surface area contributed by atoms with Crippen LogP contribution in [-0.2, 0) is 6.54 Å². The fourth-order valence-electron chi connectivity index (χ4n) is 4.41. The summed E-state index contributed by atoms with van der Waals surface area (Å²) in [6, 6.07) is 12.7. The quantitative estimate of drug-likeness (QED) is 0.381. The Hall–Kier alpha value is -3.36. The van der Waals surface area contributed by atoms with E-state index in [-0.39, 0.29) is 21.9 Å². The Labute approximate surface area is 203 Å². The SMILES string of the molecule is NC(=S)N/N=C/c1cc(F)c(N2CCN(Cc3ccccc3)C3(/C=C/C=C\C=C/C3)C2)cc1F. The fraction of sp³-hybridized carbons (Fsp3) is 0.231. The van der Waals surface area contributed by atoms with Crippen LogP contribution in [0.5, 0.6) is 0 Å². The van der Waals surface area contributed by atoms with Crippen molar-refractivity contribution in [3.8, 4) is 0 Å². The van der Waals surface area contributed by atoms with Gasteiger partial charge in [0.15, 0.2) is 5.11 Å². The Balaban J connectivity index is 1.62. The van der Waals surface area contributed by atoms with Crippen molar-refractivity contribution in [3.63, 3.8) is 0 Å². The van der Waals surface area contributed by atoms with Gasteiger partial charge in [-0.15, -0.1) is 0 Å². The second kappa shape index (κ2) is 10.7. The zero-order valence-corrected chi connectivity index (χ0v) is 19.5. The molecule has 4 rings (SSSR count). The van der Waals surface area contributed by atoms with E-state index in [1.807, 2.05) is 47.4 Å². The van der Waals surface area contributed by atoms with Crippen molar-refractivity contribution in [1.82, 2.24) is 10.3 Å². The van der Waals surface area contributed by atoms with Crippen molar-refractivity contribution in [2.45, 2.75) is 18.5 Å². The fourth-order valence-corrected chi connectivity index (χ4v) is 4.46. The monoisotopic (exact) mass is 479 g/mol. The van der Waals surface area contributed by atoms with E-state index in [1.165, 1.54) is 11.6 Å². The third-order valence-electron chi connectivity index (χ3n) is 6.08. The highest BCUT2D eigenvalue weighted by Crippen LogP contribution is 2.34. The summed E-state index contributed by atoms with van der Waals surface area (Å²) in [7, 11) is 0. The van der Waals surface area contributed by atoms with E-state index in [2.05, 4.69) is 51.9 Å². The Kier molecular flexibility index (Phi) is 7.49. The summed E-state index contributed by atoms with van der Waals surface area (Å²) in [5.41, 5.74) is 8.77. The van der Waals surface area contributed by atoms with Crippen LogP contribution in [0.2, 0.25) is 0 Å². The van der Waals surface area contributed by atoms with E-state index < -0.39 is 11.6 Å². The first-order valence-corrected chi connectivity index (χ1v) is 11.5. The van der Waals surface area contributed by atoms with Crippen molar-refractivity contribution >= 4 is 29.2 Å². The van der Waals surface area contributed by atoms with E-state index in [9.17, 15) is 4.39 Å². The van der Waals surface area contributed by atoms with Gasteiger partial charge in [0.05, 0.1) is 17.4 Å². The molecule has 1 spiro atoms. The van der Waals surface area contributed by atoms with Gasteiger partial charge < -0.3 is 10.6 Å². The number of nitrogens with two attached hydrogens (primary N) is 1. The number of thiocarbonyl (C=S) groups is 1. The molecule has 1 unspecified atom stereocenters. The molecule has 0 radical (unpaired) electrons. The van der Waals surface area contributed by atoms with E-state index >= 15 is 4.39 Å². The average molecular weight is 480 g/mol. The second-order valence-electron chi connectivity index (χ2n) is 8.37. The molecule has 2 aromatic rings. The van der Waals surface area contributed by atoms with E-state index in [4.69, 9.17) is 5.73 Å². The highest BCUT2D eigenvalue weighted by Gasteiger charge is 2.39. The number of anilines is 1. The first-order chi connectivity index (χ1) is 16.5. The van der Waals surface area contributed by atoms with Gasteiger partial charge in [-0.2, -0.15) is 5.10 Å². The standard InChI is InChI=1S/C26H27F2N5S/c27-22-16-24(23(28)15-21(22)17-30-31-25(29)34)32-13-14-33(18-20-9-5-4-6-10-20)26(19-32)11-7-2-1-3-8-12-26/h1-11,15-17H,12-14,18-19H2,(H3,29,31,34)/b2-1-,8-3-,11-7+,30-17+. The molecule has 1 aliphatic carbocycles. The Morgan fingerprint density at radius 1 is 1.09 bits per heavy atom. The van der Waals surface area contributed by atoms with Gasteiger partial charge in [0, 0.05) is 37.8 Å². The van der Waals surface area contributed by atoms with Crippen LogP contribution in [0.25, 0.3) is 0 Å². The summed E-state index contributed by atoms with van der Waals surface area (Å²) in [6.45, 7) is 2.59. The third kappa shape index (κ3) is 5.58. The molecule has 1 saturated heterocycles. The first-order valence-electron chi connectivity index (χ1n) is 11.1. The van der Waals surface area contributed by atoms with E-state index in [0.29, 0.717) is 19.6 Å². The number of nitrogens with one attached hydrogen (secondary N) is 1. The van der Waals surface area contributed by atoms with Crippen LogP contribution in [0.4, 0.5) is 14.5 Å². The maximum absolute atomic E-state index is 15.1. The molecule has 0 saturated carbocycles. The molecule has 0 amide bonds. The third-order valence-corrected chi connectivity index (χ3v) is 6.17. The Bertz CT molecular complexity index is 1150. The van der Waals surface area contributed by atoms with E-state index in [0.717, 1.165) is 25.2 Å². The van der Waals surface area contributed by atoms with Crippen LogP contribution in [0.3, 0.4) is 0 Å². The number of rotatable bonds is 5. The summed E-state index contributed by atoms with van der Waals surface area (Å²) in [6.07, 6.45) is 14.3. The van der Waals surface area contributed by atoms with Crippen LogP contribution in [0.1, 0.15) is 17.5 Å². The molecule has 0 bridgehead atoms. The lowest BCUT2D eigenvalue weighted by molar-refractivity contribution is 0.106. The lowest BCUT2D eigenvalue weighted by Crippen LogP contribution is -2.61. The van der Waals surface area contributed by atoms with Gasteiger partial charge in [0.2, 0.25) is 0 Å². The van der Waals surface area contributed by atoms with Crippen molar-refractivity contribution in [1.29, 1.82) is 0 Å².